The third-order valence-corrected chi connectivity index (χ3v) is 3.38. The van der Waals surface area contributed by atoms with E-state index in [1.54, 1.807) is 18.2 Å². The van der Waals surface area contributed by atoms with Crippen molar-refractivity contribution in [3.63, 3.8) is 0 Å². The van der Waals surface area contributed by atoms with Gasteiger partial charge in [-0.25, -0.2) is 9.48 Å². The molecule has 1 amide bonds. The Hall–Kier alpha value is -1.93. The van der Waals surface area contributed by atoms with E-state index in [2.05, 4.69) is 31.6 Å². The summed E-state index contributed by atoms with van der Waals surface area (Å²) in [6, 6.07) is 4.98. The van der Waals surface area contributed by atoms with Crippen LogP contribution in [-0.4, -0.2) is 38.5 Å². The first kappa shape index (κ1) is 15.5. The van der Waals surface area contributed by atoms with E-state index in [1.165, 1.54) is 10.9 Å². The first-order valence-electron chi connectivity index (χ1n) is 5.84. The molecular weight excluding hydrogens is 364 g/mol. The summed E-state index contributed by atoms with van der Waals surface area (Å²) in [4.78, 5) is 22.6. The molecule has 0 radical (unpaired) electrons. The van der Waals surface area contributed by atoms with Gasteiger partial charge in [0.05, 0.1) is 23.3 Å². The number of hydrogen-bond donors (Lipinski definition) is 2. The van der Waals surface area contributed by atoms with Crippen LogP contribution in [0, 0.1) is 0 Å². The van der Waals surface area contributed by atoms with E-state index in [9.17, 15) is 9.59 Å². The van der Waals surface area contributed by atoms with Gasteiger partial charge in [0.15, 0.2) is 5.69 Å². The summed E-state index contributed by atoms with van der Waals surface area (Å²) in [6.07, 6.45) is 1.29. The van der Waals surface area contributed by atoms with Crippen LogP contribution in [0.5, 0.6) is 0 Å². The lowest BCUT2D eigenvalue weighted by molar-refractivity contribution is 0.0690. The second-order valence-electron chi connectivity index (χ2n) is 4.05. The van der Waals surface area contributed by atoms with Crippen molar-refractivity contribution in [3.8, 4) is 0 Å². The minimum absolute atomic E-state index is 0.142. The van der Waals surface area contributed by atoms with Crippen molar-refractivity contribution in [1.82, 2.24) is 20.3 Å². The fourth-order valence-corrected chi connectivity index (χ4v) is 2.12. The number of carboxylic acid groups (broad SMARTS) is 1. The Bertz CT molecular complexity index is 689. The number of hydrogen-bond acceptors (Lipinski definition) is 4. The van der Waals surface area contributed by atoms with Crippen molar-refractivity contribution in [2.24, 2.45) is 0 Å². The highest BCUT2D eigenvalue weighted by molar-refractivity contribution is 9.10. The lowest BCUT2D eigenvalue weighted by Crippen LogP contribution is -2.27. The van der Waals surface area contributed by atoms with E-state index in [1.807, 2.05) is 0 Å². The number of nitrogens with one attached hydrogen (secondary N) is 1. The van der Waals surface area contributed by atoms with E-state index < -0.39 is 5.97 Å². The molecule has 2 N–H and O–H groups in total. The number of benzene rings is 1. The van der Waals surface area contributed by atoms with Crippen LogP contribution < -0.4 is 5.32 Å². The molecule has 1 heterocycles. The predicted molar refractivity (Wildman–Crippen MR) is 78.5 cm³/mol. The number of carboxylic acids is 1. The molecule has 1 aromatic carbocycles. The maximum absolute atomic E-state index is 12.0. The summed E-state index contributed by atoms with van der Waals surface area (Å²) in [5.41, 5.74) is 0.215. The summed E-state index contributed by atoms with van der Waals surface area (Å²) in [5, 5.41) is 18.8. The third-order valence-electron chi connectivity index (χ3n) is 2.56. The standard InChI is InChI=1S/C12H10BrClN4O3/c13-7-1-2-9(14)8(5-7)11(19)15-3-4-18-6-10(12(20)21)16-17-18/h1-2,5-6H,3-4H2,(H,15,19)(H,20,21). The van der Waals surface area contributed by atoms with Crippen molar-refractivity contribution < 1.29 is 14.7 Å². The van der Waals surface area contributed by atoms with Gasteiger partial charge in [-0.05, 0) is 18.2 Å². The number of aromatic nitrogens is 3. The monoisotopic (exact) mass is 372 g/mol. The molecule has 9 heteroatoms. The largest absolute Gasteiger partial charge is 0.476 e. The number of carbonyl (C=O) groups excluding carboxylic acids is 1. The summed E-state index contributed by atoms with van der Waals surface area (Å²) in [5.74, 6) is -1.47. The van der Waals surface area contributed by atoms with Crippen molar-refractivity contribution in [2.45, 2.75) is 6.54 Å². The van der Waals surface area contributed by atoms with Gasteiger partial charge in [-0.2, -0.15) is 0 Å². The SMILES string of the molecule is O=C(O)c1cn(CCNC(=O)c2cc(Br)ccc2Cl)nn1. The van der Waals surface area contributed by atoms with Gasteiger partial charge in [0.25, 0.3) is 5.91 Å². The predicted octanol–water partition coefficient (Wildman–Crippen LogP) is 1.82. The molecule has 110 valence electrons. The number of aromatic carboxylic acids is 1. The minimum Gasteiger partial charge on any atom is -0.476 e. The van der Waals surface area contributed by atoms with Crippen molar-refractivity contribution in [1.29, 1.82) is 0 Å². The van der Waals surface area contributed by atoms with E-state index in [4.69, 9.17) is 16.7 Å². The summed E-state index contributed by atoms with van der Waals surface area (Å²) < 4.78 is 2.09. The Morgan fingerprint density at radius 1 is 1.43 bits per heavy atom. The molecule has 0 saturated carbocycles. The van der Waals surface area contributed by atoms with Gasteiger partial charge < -0.3 is 10.4 Å². The van der Waals surface area contributed by atoms with E-state index >= 15 is 0 Å². The number of nitrogens with zero attached hydrogens (tertiary/aromatic N) is 3. The summed E-state index contributed by atoms with van der Waals surface area (Å²) >= 11 is 9.22. The van der Waals surface area contributed by atoms with E-state index in [0.29, 0.717) is 17.1 Å². The molecule has 2 aromatic rings. The number of halogens is 2. The molecule has 21 heavy (non-hydrogen) atoms. The average Bonchev–Trinajstić information content (AvgIpc) is 2.90. The zero-order valence-corrected chi connectivity index (χ0v) is 12.9. The molecule has 0 bridgehead atoms. The van der Waals surface area contributed by atoms with Crippen LogP contribution in [0.25, 0.3) is 0 Å². The van der Waals surface area contributed by atoms with Crippen molar-refractivity contribution in [3.05, 3.63) is 45.1 Å². The van der Waals surface area contributed by atoms with Gasteiger partial charge >= 0.3 is 5.97 Å². The second kappa shape index (κ2) is 6.68. The minimum atomic E-state index is -1.15. The van der Waals surface area contributed by atoms with Gasteiger partial charge in [0.2, 0.25) is 0 Å². The fourth-order valence-electron chi connectivity index (χ4n) is 1.56. The van der Waals surface area contributed by atoms with Crippen molar-refractivity contribution in [2.75, 3.05) is 6.54 Å². The van der Waals surface area contributed by atoms with Gasteiger partial charge in [-0.3, -0.25) is 4.79 Å². The number of rotatable bonds is 5. The average molecular weight is 374 g/mol. The van der Waals surface area contributed by atoms with E-state index in [-0.39, 0.29) is 18.1 Å². The Balaban J connectivity index is 1.92. The Morgan fingerprint density at radius 3 is 2.86 bits per heavy atom. The highest BCUT2D eigenvalue weighted by Crippen LogP contribution is 2.20. The van der Waals surface area contributed by atoms with Crippen LogP contribution in [0.3, 0.4) is 0 Å². The van der Waals surface area contributed by atoms with Gasteiger partial charge in [0.1, 0.15) is 0 Å². The van der Waals surface area contributed by atoms with Crippen LogP contribution in [0.15, 0.2) is 28.9 Å². The van der Waals surface area contributed by atoms with Gasteiger partial charge in [-0.15, -0.1) is 5.10 Å². The Labute approximate surface area is 133 Å². The lowest BCUT2D eigenvalue weighted by atomic mass is 10.2. The smallest absolute Gasteiger partial charge is 0.358 e. The molecule has 0 fully saturated rings. The molecule has 1 aromatic heterocycles. The number of carbonyl (C=O) groups is 2. The summed E-state index contributed by atoms with van der Waals surface area (Å²) in [6.45, 7) is 0.571. The normalized spacial score (nSPS) is 10.4. The Morgan fingerprint density at radius 2 is 2.19 bits per heavy atom. The van der Waals surface area contributed by atoms with E-state index in [0.717, 1.165) is 4.47 Å². The molecule has 0 atom stereocenters. The zero-order chi connectivity index (χ0) is 15.4. The van der Waals surface area contributed by atoms with Gasteiger partial charge in [0, 0.05) is 11.0 Å². The van der Waals surface area contributed by atoms with Crippen LogP contribution in [0.2, 0.25) is 5.02 Å². The molecule has 0 unspecified atom stereocenters. The molecule has 0 aliphatic rings. The topological polar surface area (TPSA) is 97.1 Å². The quantitative estimate of drug-likeness (QED) is 0.833. The third kappa shape index (κ3) is 4.02. The molecular formula is C12H10BrClN4O3. The lowest BCUT2D eigenvalue weighted by Gasteiger charge is -2.07. The second-order valence-corrected chi connectivity index (χ2v) is 5.37. The molecule has 7 nitrogen and oxygen atoms in total. The summed E-state index contributed by atoms with van der Waals surface area (Å²) in [7, 11) is 0. The maximum Gasteiger partial charge on any atom is 0.358 e. The molecule has 0 spiro atoms. The van der Waals surface area contributed by atoms with Crippen LogP contribution >= 0.6 is 27.5 Å². The van der Waals surface area contributed by atoms with Crippen molar-refractivity contribution >= 4 is 39.4 Å². The maximum atomic E-state index is 12.0. The molecule has 2 rings (SSSR count). The molecule has 0 aliphatic carbocycles. The van der Waals surface area contributed by atoms with Gasteiger partial charge in [-0.1, -0.05) is 32.7 Å². The first-order valence-corrected chi connectivity index (χ1v) is 7.01. The fraction of sp³-hybridized carbons (Fsp3) is 0.167. The van der Waals surface area contributed by atoms with Crippen LogP contribution in [0.1, 0.15) is 20.8 Å². The highest BCUT2D eigenvalue weighted by Gasteiger charge is 2.11. The molecule has 0 saturated heterocycles. The zero-order valence-electron chi connectivity index (χ0n) is 10.6. The highest BCUT2D eigenvalue weighted by atomic mass is 79.9. The Kier molecular flexibility index (Phi) is 4.92. The molecule has 0 aliphatic heterocycles. The first-order chi connectivity index (χ1) is 9.97. The van der Waals surface area contributed by atoms with Crippen LogP contribution in [0.4, 0.5) is 0 Å². The van der Waals surface area contributed by atoms with Crippen LogP contribution in [-0.2, 0) is 6.54 Å². The number of amides is 1.